The lowest BCUT2D eigenvalue weighted by Crippen LogP contribution is -2.17. The van der Waals surface area contributed by atoms with E-state index < -0.39 is 17.7 Å². The summed E-state index contributed by atoms with van der Waals surface area (Å²) in [7, 11) is 0. The second-order valence-corrected chi connectivity index (χ2v) is 2.23. The lowest BCUT2D eigenvalue weighted by atomic mass is 10.5. The molecule has 0 atom stereocenters. The number of aliphatic hydroxyl groups excluding tert-OH is 1. The van der Waals surface area contributed by atoms with Crippen molar-refractivity contribution >= 4 is 0 Å². The average molecular weight is 178 g/mol. The van der Waals surface area contributed by atoms with Gasteiger partial charge in [0.05, 0.1) is 13.2 Å². The number of rotatable bonds is 3. The van der Waals surface area contributed by atoms with Gasteiger partial charge in [-0.15, -0.1) is 0 Å². The van der Waals surface area contributed by atoms with Crippen LogP contribution in [0.4, 0.5) is 8.78 Å². The molecule has 0 bridgehead atoms. The second-order valence-electron chi connectivity index (χ2n) is 2.23. The van der Waals surface area contributed by atoms with E-state index in [4.69, 9.17) is 5.11 Å². The van der Waals surface area contributed by atoms with Gasteiger partial charge in [-0.05, 0) is 0 Å². The van der Waals surface area contributed by atoms with Crippen LogP contribution in [0, 0.1) is 0 Å². The predicted molar refractivity (Wildman–Crippen MR) is 37.1 cm³/mol. The van der Waals surface area contributed by atoms with E-state index in [9.17, 15) is 13.6 Å². The molecule has 68 valence electrons. The molecule has 0 saturated heterocycles. The van der Waals surface area contributed by atoms with Crippen molar-refractivity contribution in [3.63, 3.8) is 0 Å². The smallest absolute Gasteiger partial charge is 0.279 e. The minimum Gasteiger partial charge on any atom is -0.394 e. The monoisotopic (exact) mass is 178 g/mol. The highest BCUT2D eigenvalue weighted by Gasteiger charge is 2.11. The molecule has 1 aromatic rings. The van der Waals surface area contributed by atoms with E-state index in [1.165, 1.54) is 0 Å². The molecule has 0 aliphatic rings. The van der Waals surface area contributed by atoms with Crippen molar-refractivity contribution in [1.29, 1.82) is 0 Å². The maximum atomic E-state index is 12.0. The Labute approximate surface area is 66.4 Å². The van der Waals surface area contributed by atoms with Gasteiger partial charge in [0.15, 0.2) is 0 Å². The lowest BCUT2D eigenvalue weighted by molar-refractivity contribution is 0.144. The van der Waals surface area contributed by atoms with E-state index in [0.29, 0.717) is 0 Å². The Morgan fingerprint density at radius 1 is 1.67 bits per heavy atom. The number of halogens is 2. The third kappa shape index (κ3) is 1.70. The molecule has 4 nitrogen and oxygen atoms in total. The third-order valence-corrected chi connectivity index (χ3v) is 1.37. The zero-order valence-corrected chi connectivity index (χ0v) is 6.13. The summed E-state index contributed by atoms with van der Waals surface area (Å²) in [6.07, 6.45) is -2.68. The largest absolute Gasteiger partial charge is 0.394 e. The minimum atomic E-state index is -2.68. The van der Waals surface area contributed by atoms with Gasteiger partial charge in [0, 0.05) is 6.07 Å². The average Bonchev–Trinajstić information content (AvgIpc) is 2.34. The number of aliphatic hydroxyl groups is 1. The molecular formula is C6H8F2N2O2. The Kier molecular flexibility index (Phi) is 2.59. The summed E-state index contributed by atoms with van der Waals surface area (Å²) in [5.41, 5.74) is -0.979. The second kappa shape index (κ2) is 3.48. The quantitative estimate of drug-likeness (QED) is 0.690. The summed E-state index contributed by atoms with van der Waals surface area (Å²) in [4.78, 5) is 10.8. The standard InChI is InChI=1S/C6H8F2N2O2/c7-6(8)4-3-5(12)10(9-4)1-2-11/h3,6,9,11H,1-2H2. The fourth-order valence-electron chi connectivity index (χ4n) is 0.832. The van der Waals surface area contributed by atoms with Crippen molar-refractivity contribution in [3.05, 3.63) is 22.1 Å². The van der Waals surface area contributed by atoms with Crippen LogP contribution in [0.25, 0.3) is 0 Å². The fourth-order valence-corrected chi connectivity index (χ4v) is 0.832. The number of nitrogens with one attached hydrogen (secondary N) is 1. The molecule has 1 aromatic heterocycles. The van der Waals surface area contributed by atoms with Crippen LogP contribution in [0.2, 0.25) is 0 Å². The number of aromatic amines is 1. The molecule has 2 N–H and O–H groups in total. The van der Waals surface area contributed by atoms with Crippen molar-refractivity contribution in [1.82, 2.24) is 9.78 Å². The zero-order chi connectivity index (χ0) is 9.14. The van der Waals surface area contributed by atoms with Gasteiger partial charge in [-0.3, -0.25) is 14.6 Å². The van der Waals surface area contributed by atoms with Crippen molar-refractivity contribution in [2.24, 2.45) is 0 Å². The molecule has 0 aliphatic carbocycles. The van der Waals surface area contributed by atoms with Gasteiger partial charge in [0.1, 0.15) is 5.69 Å². The Balaban J connectivity index is 2.93. The molecule has 0 amide bonds. The number of alkyl halides is 2. The van der Waals surface area contributed by atoms with Gasteiger partial charge in [0.25, 0.3) is 12.0 Å². The van der Waals surface area contributed by atoms with E-state index in [2.05, 4.69) is 5.10 Å². The predicted octanol–water partition coefficient (Wildman–Crippen LogP) is 0.106. The topological polar surface area (TPSA) is 58.0 Å². The highest BCUT2D eigenvalue weighted by Crippen LogP contribution is 2.13. The molecule has 6 heteroatoms. The van der Waals surface area contributed by atoms with Crippen LogP contribution >= 0.6 is 0 Å². The lowest BCUT2D eigenvalue weighted by Gasteiger charge is -1.97. The van der Waals surface area contributed by atoms with E-state index in [1.54, 1.807) is 0 Å². The number of hydrogen-bond donors (Lipinski definition) is 2. The van der Waals surface area contributed by atoms with Crippen LogP contribution in [0.3, 0.4) is 0 Å². The number of aromatic nitrogens is 2. The van der Waals surface area contributed by atoms with Crippen molar-refractivity contribution in [3.8, 4) is 0 Å². The Morgan fingerprint density at radius 3 is 2.75 bits per heavy atom. The van der Waals surface area contributed by atoms with Crippen LogP contribution in [0.5, 0.6) is 0 Å². The summed E-state index contributed by atoms with van der Waals surface area (Å²) in [6, 6.07) is 0.820. The molecule has 1 heterocycles. The molecule has 0 radical (unpaired) electrons. The summed E-state index contributed by atoms with van der Waals surface area (Å²) in [6.45, 7) is -0.255. The summed E-state index contributed by atoms with van der Waals surface area (Å²) in [5, 5.41) is 10.6. The van der Waals surface area contributed by atoms with E-state index in [1.807, 2.05) is 0 Å². The van der Waals surface area contributed by atoms with Crippen molar-refractivity contribution in [2.45, 2.75) is 13.0 Å². The van der Waals surface area contributed by atoms with Gasteiger partial charge in [-0.2, -0.15) is 0 Å². The summed E-state index contributed by atoms with van der Waals surface area (Å²) in [5.74, 6) is 0. The summed E-state index contributed by atoms with van der Waals surface area (Å²) >= 11 is 0. The Bertz CT molecular complexity index is 305. The molecule has 0 fully saturated rings. The fraction of sp³-hybridized carbons (Fsp3) is 0.500. The van der Waals surface area contributed by atoms with Crippen LogP contribution in [0.15, 0.2) is 10.9 Å². The van der Waals surface area contributed by atoms with Crippen molar-refractivity contribution < 1.29 is 13.9 Å². The van der Waals surface area contributed by atoms with E-state index >= 15 is 0 Å². The molecule has 0 saturated carbocycles. The summed E-state index contributed by atoms with van der Waals surface area (Å²) < 4.78 is 24.8. The maximum Gasteiger partial charge on any atom is 0.279 e. The zero-order valence-electron chi connectivity index (χ0n) is 6.13. The SMILES string of the molecule is O=c1cc(C(F)F)[nH]n1CCO. The van der Waals surface area contributed by atoms with Crippen LogP contribution in [-0.4, -0.2) is 21.5 Å². The van der Waals surface area contributed by atoms with Gasteiger partial charge in [-0.25, -0.2) is 8.78 Å². The first-order valence-corrected chi connectivity index (χ1v) is 3.34. The Morgan fingerprint density at radius 2 is 2.33 bits per heavy atom. The van der Waals surface area contributed by atoms with Gasteiger partial charge in [-0.1, -0.05) is 0 Å². The van der Waals surface area contributed by atoms with Crippen LogP contribution < -0.4 is 5.56 Å². The van der Waals surface area contributed by atoms with E-state index in [0.717, 1.165) is 10.7 Å². The van der Waals surface area contributed by atoms with E-state index in [-0.39, 0.29) is 13.2 Å². The molecule has 12 heavy (non-hydrogen) atoms. The first-order chi connectivity index (χ1) is 5.65. The van der Waals surface area contributed by atoms with Crippen LogP contribution in [0.1, 0.15) is 12.1 Å². The molecule has 0 spiro atoms. The maximum absolute atomic E-state index is 12.0. The van der Waals surface area contributed by atoms with Gasteiger partial charge < -0.3 is 5.11 Å². The third-order valence-electron chi connectivity index (χ3n) is 1.37. The molecule has 0 aromatic carbocycles. The first-order valence-electron chi connectivity index (χ1n) is 3.34. The van der Waals surface area contributed by atoms with Gasteiger partial charge in [0.2, 0.25) is 0 Å². The molecule has 0 aliphatic heterocycles. The normalized spacial score (nSPS) is 11.0. The van der Waals surface area contributed by atoms with Crippen LogP contribution in [-0.2, 0) is 6.54 Å². The highest BCUT2D eigenvalue weighted by atomic mass is 19.3. The first kappa shape index (κ1) is 8.92. The molecule has 0 unspecified atom stereocenters. The highest BCUT2D eigenvalue weighted by molar-refractivity contribution is 5.00. The van der Waals surface area contributed by atoms with Gasteiger partial charge >= 0.3 is 0 Å². The number of H-pyrrole nitrogens is 1. The molecule has 1 rings (SSSR count). The Hall–Kier alpha value is -1.17. The minimum absolute atomic E-state index is 0.00551. The number of hydrogen-bond acceptors (Lipinski definition) is 2. The van der Waals surface area contributed by atoms with Crippen molar-refractivity contribution in [2.75, 3.05) is 6.61 Å². The number of nitrogens with zero attached hydrogens (tertiary/aromatic N) is 1. The molecular weight excluding hydrogens is 170 g/mol.